The average molecular weight is 528 g/mol. The smallest absolute Gasteiger partial charge is 0.240 e. The van der Waals surface area contributed by atoms with E-state index in [0.717, 1.165) is 36.6 Å². The number of aryl methyl sites for hydroxylation is 1. The number of H-pyrrole nitrogens is 1. The first-order valence-electron chi connectivity index (χ1n) is 13.4. The van der Waals surface area contributed by atoms with E-state index in [9.17, 15) is 8.42 Å². The summed E-state index contributed by atoms with van der Waals surface area (Å²) >= 11 is 0. The fourth-order valence-electron chi connectivity index (χ4n) is 5.03. The maximum absolute atomic E-state index is 12.8. The van der Waals surface area contributed by atoms with Gasteiger partial charge in [0.15, 0.2) is 0 Å². The maximum Gasteiger partial charge on any atom is 0.240 e. The molecule has 0 amide bonds. The predicted octanol–water partition coefficient (Wildman–Crippen LogP) is 3.67. The summed E-state index contributed by atoms with van der Waals surface area (Å²) in [5.74, 6) is 1.84. The van der Waals surface area contributed by atoms with Crippen molar-refractivity contribution in [3.63, 3.8) is 0 Å². The van der Waals surface area contributed by atoms with Gasteiger partial charge in [-0.15, -0.1) is 0 Å². The minimum absolute atomic E-state index is 0.303. The number of aromatic nitrogens is 4. The molecule has 2 N–H and O–H groups in total. The van der Waals surface area contributed by atoms with E-state index in [1.165, 1.54) is 32.1 Å². The van der Waals surface area contributed by atoms with Crippen molar-refractivity contribution in [2.24, 2.45) is 7.05 Å². The Kier molecular flexibility index (Phi) is 9.90. The Bertz CT molecular complexity index is 1170. The first-order chi connectivity index (χ1) is 17.9. The molecule has 37 heavy (non-hydrogen) atoms. The molecular weight excluding hydrogens is 486 g/mol. The monoisotopic (exact) mass is 527 g/mol. The van der Waals surface area contributed by atoms with E-state index < -0.39 is 10.0 Å². The Balaban J connectivity index is 1.27. The van der Waals surface area contributed by atoms with Crippen LogP contribution in [0, 0.1) is 0 Å². The Labute approximate surface area is 221 Å². The third kappa shape index (κ3) is 8.23. The van der Waals surface area contributed by atoms with E-state index in [1.54, 1.807) is 24.5 Å². The minimum Gasteiger partial charge on any atom is -0.348 e. The maximum atomic E-state index is 12.8. The largest absolute Gasteiger partial charge is 0.348 e. The molecule has 0 saturated heterocycles. The van der Waals surface area contributed by atoms with Crippen LogP contribution >= 0.6 is 0 Å². The van der Waals surface area contributed by atoms with Gasteiger partial charge >= 0.3 is 0 Å². The number of aromatic amines is 1. The molecule has 1 aromatic carbocycles. The van der Waals surface area contributed by atoms with E-state index in [1.807, 2.05) is 36.1 Å². The number of nitrogens with zero attached hydrogens (tertiary/aromatic N) is 5. The zero-order valence-electron chi connectivity index (χ0n) is 22.1. The van der Waals surface area contributed by atoms with Crippen LogP contribution < -0.4 is 4.72 Å². The summed E-state index contributed by atoms with van der Waals surface area (Å²) in [5, 5.41) is 0. The van der Waals surface area contributed by atoms with Crippen molar-refractivity contribution in [1.29, 1.82) is 0 Å². The molecule has 0 radical (unpaired) electrons. The van der Waals surface area contributed by atoms with Gasteiger partial charge in [-0.3, -0.25) is 4.90 Å². The Morgan fingerprint density at radius 3 is 2.49 bits per heavy atom. The van der Waals surface area contributed by atoms with Crippen LogP contribution in [-0.2, 0) is 36.7 Å². The third-order valence-corrected chi connectivity index (χ3v) is 8.76. The zero-order valence-corrected chi connectivity index (χ0v) is 23.0. The first kappa shape index (κ1) is 27.5. The van der Waals surface area contributed by atoms with Gasteiger partial charge in [0.2, 0.25) is 10.0 Å². The van der Waals surface area contributed by atoms with Crippen molar-refractivity contribution < 1.29 is 8.42 Å². The molecule has 2 heterocycles. The topological polar surface area (TPSA) is 99.2 Å². The van der Waals surface area contributed by atoms with Crippen LogP contribution in [-0.4, -0.2) is 63.9 Å². The first-order valence-corrected chi connectivity index (χ1v) is 14.8. The van der Waals surface area contributed by atoms with Crippen molar-refractivity contribution in [3.8, 4) is 0 Å². The second kappa shape index (κ2) is 13.3. The van der Waals surface area contributed by atoms with Crippen molar-refractivity contribution in [2.45, 2.75) is 75.5 Å². The highest BCUT2D eigenvalue weighted by atomic mass is 32.2. The lowest BCUT2D eigenvalue weighted by Crippen LogP contribution is -2.34. The molecule has 1 saturated carbocycles. The summed E-state index contributed by atoms with van der Waals surface area (Å²) in [4.78, 5) is 16.9. The van der Waals surface area contributed by atoms with Gasteiger partial charge in [-0.1, -0.05) is 31.4 Å². The zero-order chi connectivity index (χ0) is 26.1. The average Bonchev–Trinajstić information content (AvgIpc) is 3.56. The van der Waals surface area contributed by atoms with Crippen LogP contribution in [0.2, 0.25) is 0 Å². The molecule has 0 bridgehead atoms. The predicted molar refractivity (Wildman–Crippen MR) is 145 cm³/mol. The Hall–Kier alpha value is -2.53. The van der Waals surface area contributed by atoms with Gasteiger partial charge in [0.1, 0.15) is 11.6 Å². The second-order valence-corrected chi connectivity index (χ2v) is 11.9. The van der Waals surface area contributed by atoms with Crippen LogP contribution in [0.1, 0.15) is 62.2 Å². The van der Waals surface area contributed by atoms with Crippen molar-refractivity contribution >= 4 is 10.0 Å². The number of imidazole rings is 2. The molecule has 0 unspecified atom stereocenters. The summed E-state index contributed by atoms with van der Waals surface area (Å²) < 4.78 is 30.4. The summed E-state index contributed by atoms with van der Waals surface area (Å²) in [6, 6.07) is 7.87. The summed E-state index contributed by atoms with van der Waals surface area (Å²) in [6.45, 7) is 3.42. The number of rotatable bonds is 14. The summed E-state index contributed by atoms with van der Waals surface area (Å²) in [6.07, 6.45) is 15.7. The van der Waals surface area contributed by atoms with Crippen LogP contribution in [0.15, 0.2) is 53.9 Å². The van der Waals surface area contributed by atoms with Crippen molar-refractivity contribution in [3.05, 3.63) is 66.3 Å². The molecular formula is C27H41N7O2S. The molecule has 1 fully saturated rings. The van der Waals surface area contributed by atoms with Crippen LogP contribution in [0.5, 0.6) is 0 Å². The number of sulfonamides is 1. The molecule has 9 nitrogen and oxygen atoms in total. The van der Waals surface area contributed by atoms with E-state index in [2.05, 4.69) is 36.5 Å². The van der Waals surface area contributed by atoms with Gasteiger partial charge < -0.3 is 14.5 Å². The second-order valence-electron chi connectivity index (χ2n) is 10.2. The highest BCUT2D eigenvalue weighted by Crippen LogP contribution is 2.22. The summed E-state index contributed by atoms with van der Waals surface area (Å²) in [5.41, 5.74) is 1.03. The number of unbranched alkanes of at least 4 members (excludes halogenated alkanes) is 1. The normalized spacial score (nSPS) is 15.1. The lowest BCUT2D eigenvalue weighted by Gasteiger charge is -2.31. The molecule has 0 aliphatic heterocycles. The molecule has 10 heteroatoms. The molecule has 202 valence electrons. The number of hydrogen-bond acceptors (Lipinski definition) is 6. The Morgan fingerprint density at radius 1 is 1.03 bits per heavy atom. The third-order valence-electron chi connectivity index (χ3n) is 7.28. The highest BCUT2D eigenvalue weighted by molar-refractivity contribution is 7.89. The number of benzene rings is 1. The Morgan fingerprint density at radius 2 is 1.81 bits per heavy atom. The highest BCUT2D eigenvalue weighted by Gasteiger charge is 2.18. The number of nitrogens with one attached hydrogen (secondary N) is 2. The van der Waals surface area contributed by atoms with E-state index >= 15 is 0 Å². The molecule has 0 spiro atoms. The van der Waals surface area contributed by atoms with Crippen molar-refractivity contribution in [2.75, 3.05) is 20.1 Å². The van der Waals surface area contributed by atoms with Crippen LogP contribution in [0.25, 0.3) is 0 Å². The molecule has 1 aliphatic carbocycles. The quantitative estimate of drug-likeness (QED) is 0.311. The fraction of sp³-hybridized carbons (Fsp3) is 0.556. The van der Waals surface area contributed by atoms with Gasteiger partial charge in [0.05, 0.1) is 18.0 Å². The summed E-state index contributed by atoms with van der Waals surface area (Å²) in [7, 11) is 0.664. The fourth-order valence-corrected chi connectivity index (χ4v) is 6.10. The van der Waals surface area contributed by atoms with Crippen LogP contribution in [0.4, 0.5) is 0 Å². The molecule has 2 aromatic heterocycles. The number of hydrogen-bond donors (Lipinski definition) is 2. The van der Waals surface area contributed by atoms with E-state index in [0.29, 0.717) is 37.1 Å². The lowest BCUT2D eigenvalue weighted by molar-refractivity contribution is 0.189. The SMILES string of the molecule is CN(CCCCNS(=O)(=O)c1ccc(CN(Cc2ncc[nH]2)Cc2nccn2C)cc1)C1CCCCC1. The van der Waals surface area contributed by atoms with Gasteiger partial charge in [0, 0.05) is 51.0 Å². The standard InChI is InChI=1S/C27H41N7O2S/c1-32(24-8-4-3-5-9-24)18-7-6-14-31-37(35,36)25-12-10-23(11-13-25)20-34(21-26-28-15-16-29-26)22-27-30-17-19-33(27)2/h10-13,15-17,19,24,31H,3-9,14,18,20-22H2,1-2H3,(H,28,29). The molecule has 3 aromatic rings. The molecule has 0 atom stereocenters. The lowest BCUT2D eigenvalue weighted by atomic mass is 9.94. The van der Waals surface area contributed by atoms with Gasteiger partial charge in [-0.25, -0.2) is 23.1 Å². The van der Waals surface area contributed by atoms with Gasteiger partial charge in [-0.05, 0) is 57.0 Å². The van der Waals surface area contributed by atoms with E-state index in [-0.39, 0.29) is 0 Å². The molecule has 1 aliphatic rings. The van der Waals surface area contributed by atoms with Gasteiger partial charge in [0.25, 0.3) is 0 Å². The van der Waals surface area contributed by atoms with Crippen LogP contribution in [0.3, 0.4) is 0 Å². The van der Waals surface area contributed by atoms with E-state index in [4.69, 9.17) is 0 Å². The molecule has 4 rings (SSSR count). The van der Waals surface area contributed by atoms with Gasteiger partial charge in [-0.2, -0.15) is 0 Å². The van der Waals surface area contributed by atoms with Crippen molar-refractivity contribution in [1.82, 2.24) is 34.0 Å². The minimum atomic E-state index is -3.52.